The first-order valence-corrected chi connectivity index (χ1v) is 11.4. The van der Waals surface area contributed by atoms with Crippen LogP contribution >= 0.6 is 11.8 Å². The standard InChI is InChI=1S/C21H20N2O3S2/c1-27-15-16-7-9-17(10-8-16)21(24)22-18-11-13-20(14-12-18)28(25,26)23-19-5-3-2-4-6-19/h2-14,23H,15H2,1H3,(H,22,24). The Morgan fingerprint density at radius 2 is 1.50 bits per heavy atom. The Morgan fingerprint density at radius 1 is 0.857 bits per heavy atom. The molecule has 0 fully saturated rings. The van der Waals surface area contributed by atoms with Gasteiger partial charge in [-0.1, -0.05) is 30.3 Å². The minimum atomic E-state index is -3.69. The topological polar surface area (TPSA) is 75.3 Å². The number of hydrogen-bond acceptors (Lipinski definition) is 4. The van der Waals surface area contributed by atoms with E-state index in [2.05, 4.69) is 10.0 Å². The molecule has 0 atom stereocenters. The monoisotopic (exact) mass is 412 g/mol. The third kappa shape index (κ3) is 5.15. The minimum Gasteiger partial charge on any atom is -0.322 e. The van der Waals surface area contributed by atoms with Crippen molar-refractivity contribution < 1.29 is 13.2 Å². The lowest BCUT2D eigenvalue weighted by Gasteiger charge is -2.10. The molecule has 0 heterocycles. The summed E-state index contributed by atoms with van der Waals surface area (Å²) in [4.78, 5) is 12.5. The highest BCUT2D eigenvalue weighted by atomic mass is 32.2. The van der Waals surface area contributed by atoms with Crippen LogP contribution in [0, 0.1) is 0 Å². The Bertz CT molecular complexity index is 1030. The summed E-state index contributed by atoms with van der Waals surface area (Å²) in [5, 5.41) is 2.78. The molecule has 0 aliphatic carbocycles. The summed E-state index contributed by atoms with van der Waals surface area (Å²) in [6.45, 7) is 0. The second-order valence-corrected chi connectivity index (χ2v) is 8.63. The molecule has 2 N–H and O–H groups in total. The first-order chi connectivity index (χ1) is 13.5. The quantitative estimate of drug-likeness (QED) is 0.595. The molecule has 28 heavy (non-hydrogen) atoms. The molecule has 0 unspecified atom stereocenters. The number of carbonyl (C=O) groups excluding carboxylic acids is 1. The smallest absolute Gasteiger partial charge is 0.261 e. The molecule has 3 aromatic carbocycles. The number of rotatable bonds is 7. The van der Waals surface area contributed by atoms with E-state index in [1.54, 1.807) is 60.3 Å². The molecule has 3 rings (SSSR count). The van der Waals surface area contributed by atoms with Crippen molar-refractivity contribution in [1.29, 1.82) is 0 Å². The van der Waals surface area contributed by atoms with Crippen LogP contribution in [0.1, 0.15) is 15.9 Å². The number of amides is 1. The molecular weight excluding hydrogens is 392 g/mol. The summed E-state index contributed by atoms with van der Waals surface area (Å²) >= 11 is 1.72. The second kappa shape index (κ2) is 8.95. The Kier molecular flexibility index (Phi) is 6.38. The van der Waals surface area contributed by atoms with Crippen molar-refractivity contribution in [2.75, 3.05) is 16.3 Å². The van der Waals surface area contributed by atoms with Crippen molar-refractivity contribution >= 4 is 39.1 Å². The van der Waals surface area contributed by atoms with Crippen molar-refractivity contribution in [3.8, 4) is 0 Å². The molecule has 0 saturated carbocycles. The molecule has 5 nitrogen and oxygen atoms in total. The molecule has 1 amide bonds. The van der Waals surface area contributed by atoms with Crippen molar-refractivity contribution in [2.45, 2.75) is 10.6 Å². The van der Waals surface area contributed by atoms with E-state index in [0.717, 1.165) is 11.3 Å². The van der Waals surface area contributed by atoms with E-state index in [9.17, 15) is 13.2 Å². The van der Waals surface area contributed by atoms with E-state index < -0.39 is 10.0 Å². The van der Waals surface area contributed by atoms with Gasteiger partial charge in [0.05, 0.1) is 4.90 Å². The summed E-state index contributed by atoms with van der Waals surface area (Å²) in [5.41, 5.74) is 2.72. The van der Waals surface area contributed by atoms with Crippen LogP contribution in [-0.4, -0.2) is 20.6 Å². The van der Waals surface area contributed by atoms with Crippen LogP contribution < -0.4 is 10.0 Å². The first kappa shape index (κ1) is 20.0. The van der Waals surface area contributed by atoms with E-state index in [0.29, 0.717) is 16.9 Å². The van der Waals surface area contributed by atoms with Crippen LogP contribution in [0.2, 0.25) is 0 Å². The summed E-state index contributed by atoms with van der Waals surface area (Å²) in [7, 11) is -3.69. The van der Waals surface area contributed by atoms with Gasteiger partial charge in [-0.3, -0.25) is 9.52 Å². The van der Waals surface area contributed by atoms with Gasteiger partial charge in [0.1, 0.15) is 0 Å². The predicted octanol–water partition coefficient (Wildman–Crippen LogP) is 4.60. The first-order valence-electron chi connectivity index (χ1n) is 8.55. The highest BCUT2D eigenvalue weighted by molar-refractivity contribution is 7.97. The maximum Gasteiger partial charge on any atom is 0.261 e. The van der Waals surface area contributed by atoms with Gasteiger partial charge >= 0.3 is 0 Å². The molecule has 3 aromatic rings. The third-order valence-corrected chi connectivity index (χ3v) is 5.99. The highest BCUT2D eigenvalue weighted by Gasteiger charge is 2.14. The maximum absolute atomic E-state index is 12.4. The molecule has 0 aromatic heterocycles. The van der Waals surface area contributed by atoms with E-state index in [1.807, 2.05) is 24.5 Å². The molecule has 0 saturated heterocycles. The molecule has 0 bridgehead atoms. The van der Waals surface area contributed by atoms with Crippen molar-refractivity contribution in [1.82, 2.24) is 0 Å². The molecule has 0 radical (unpaired) electrons. The molecule has 0 aliphatic rings. The van der Waals surface area contributed by atoms with Crippen LogP contribution in [0.25, 0.3) is 0 Å². The maximum atomic E-state index is 12.4. The Hall–Kier alpha value is -2.77. The lowest BCUT2D eigenvalue weighted by atomic mass is 10.1. The number of anilines is 2. The zero-order chi connectivity index (χ0) is 20.0. The van der Waals surface area contributed by atoms with Crippen LogP contribution in [0.3, 0.4) is 0 Å². The normalized spacial score (nSPS) is 11.0. The SMILES string of the molecule is CSCc1ccc(C(=O)Nc2ccc(S(=O)(=O)Nc3ccccc3)cc2)cc1. The zero-order valence-electron chi connectivity index (χ0n) is 15.3. The summed E-state index contributed by atoms with van der Waals surface area (Å²) < 4.78 is 27.4. The highest BCUT2D eigenvalue weighted by Crippen LogP contribution is 2.19. The van der Waals surface area contributed by atoms with E-state index in [-0.39, 0.29) is 10.8 Å². The van der Waals surface area contributed by atoms with E-state index in [1.165, 1.54) is 12.1 Å². The van der Waals surface area contributed by atoms with Gasteiger partial charge in [0.15, 0.2) is 0 Å². The number of carbonyl (C=O) groups is 1. The number of thioether (sulfide) groups is 1. The van der Waals surface area contributed by atoms with E-state index >= 15 is 0 Å². The molecule has 144 valence electrons. The second-order valence-electron chi connectivity index (χ2n) is 6.08. The third-order valence-electron chi connectivity index (χ3n) is 3.98. The predicted molar refractivity (Wildman–Crippen MR) is 115 cm³/mol. The van der Waals surface area contributed by atoms with Crippen LogP contribution in [-0.2, 0) is 15.8 Å². The van der Waals surface area contributed by atoms with Gasteiger partial charge in [0, 0.05) is 22.7 Å². The van der Waals surface area contributed by atoms with Crippen LogP contribution in [0.5, 0.6) is 0 Å². The van der Waals surface area contributed by atoms with Crippen molar-refractivity contribution in [2.24, 2.45) is 0 Å². The average Bonchev–Trinajstić information content (AvgIpc) is 2.69. The van der Waals surface area contributed by atoms with Gasteiger partial charge in [0.2, 0.25) is 0 Å². The van der Waals surface area contributed by atoms with Crippen LogP contribution in [0.4, 0.5) is 11.4 Å². The van der Waals surface area contributed by atoms with Crippen molar-refractivity contribution in [3.63, 3.8) is 0 Å². The number of sulfonamides is 1. The van der Waals surface area contributed by atoms with Gasteiger partial charge < -0.3 is 5.32 Å². The number of benzene rings is 3. The Balaban J connectivity index is 1.67. The number of para-hydroxylation sites is 1. The largest absolute Gasteiger partial charge is 0.322 e. The number of nitrogens with one attached hydrogen (secondary N) is 2. The van der Waals surface area contributed by atoms with Gasteiger partial charge in [0.25, 0.3) is 15.9 Å². The van der Waals surface area contributed by atoms with Crippen molar-refractivity contribution in [3.05, 3.63) is 90.0 Å². The minimum absolute atomic E-state index is 0.121. The fraction of sp³-hybridized carbons (Fsp3) is 0.0952. The molecular formula is C21H20N2O3S2. The van der Waals surface area contributed by atoms with E-state index in [4.69, 9.17) is 0 Å². The van der Waals surface area contributed by atoms with Gasteiger partial charge in [-0.15, -0.1) is 0 Å². The molecule has 7 heteroatoms. The summed E-state index contributed by atoms with van der Waals surface area (Å²) in [6, 6.07) is 22.1. The summed E-state index contributed by atoms with van der Waals surface area (Å²) in [5.74, 6) is 0.656. The Morgan fingerprint density at radius 3 is 2.11 bits per heavy atom. The average molecular weight is 413 g/mol. The Labute approximate surface area is 169 Å². The fourth-order valence-electron chi connectivity index (χ4n) is 2.56. The van der Waals surface area contributed by atoms with Gasteiger partial charge in [-0.2, -0.15) is 11.8 Å². The summed E-state index contributed by atoms with van der Waals surface area (Å²) in [6.07, 6.45) is 2.03. The van der Waals surface area contributed by atoms with Gasteiger partial charge in [-0.25, -0.2) is 8.42 Å². The number of hydrogen-bond donors (Lipinski definition) is 2. The lowest BCUT2D eigenvalue weighted by Crippen LogP contribution is -2.14. The molecule has 0 aliphatic heterocycles. The fourth-order valence-corrected chi connectivity index (χ4v) is 4.14. The zero-order valence-corrected chi connectivity index (χ0v) is 16.9. The van der Waals surface area contributed by atoms with Gasteiger partial charge in [-0.05, 0) is 60.4 Å². The van der Waals surface area contributed by atoms with Crippen LogP contribution in [0.15, 0.2) is 83.8 Å². The lowest BCUT2D eigenvalue weighted by molar-refractivity contribution is 0.102. The molecule has 0 spiro atoms.